The molecule has 32 heavy (non-hydrogen) atoms. The lowest BCUT2D eigenvalue weighted by atomic mass is 10.0. The molecule has 0 aliphatic carbocycles. The molecule has 0 radical (unpaired) electrons. The molecule has 5 heterocycles. The number of fused-ring (bicyclic) bond motifs is 1. The normalized spacial score (nSPS) is 25.5. The van der Waals surface area contributed by atoms with Crippen molar-refractivity contribution in [2.75, 3.05) is 30.4 Å². The maximum atomic E-state index is 13.0. The van der Waals surface area contributed by atoms with Crippen LogP contribution in [0.25, 0.3) is 22.4 Å². The summed E-state index contributed by atoms with van der Waals surface area (Å²) in [5.41, 5.74) is 2.25. The fourth-order valence-corrected chi connectivity index (χ4v) is 7.70. The van der Waals surface area contributed by atoms with Crippen molar-refractivity contribution in [1.29, 1.82) is 0 Å². The number of hydrogen-bond donors (Lipinski definition) is 0. The van der Waals surface area contributed by atoms with Crippen LogP contribution in [0.2, 0.25) is 0 Å². The summed E-state index contributed by atoms with van der Waals surface area (Å²) in [4.78, 5) is 16.5. The Morgan fingerprint density at radius 3 is 2.88 bits per heavy atom. The van der Waals surface area contributed by atoms with Gasteiger partial charge in [-0.25, -0.2) is 23.4 Å². The first-order chi connectivity index (χ1) is 15.3. The van der Waals surface area contributed by atoms with Gasteiger partial charge in [0.05, 0.1) is 30.7 Å². The van der Waals surface area contributed by atoms with Gasteiger partial charge < -0.3 is 9.64 Å². The molecule has 2 saturated heterocycles. The maximum absolute atomic E-state index is 13.0. The van der Waals surface area contributed by atoms with Crippen LogP contribution < -0.4 is 4.90 Å². The Bertz CT molecular complexity index is 1280. The van der Waals surface area contributed by atoms with E-state index in [2.05, 4.69) is 38.0 Å². The molecule has 0 N–H and O–H groups in total. The molecule has 0 spiro atoms. The van der Waals surface area contributed by atoms with Crippen molar-refractivity contribution in [3.63, 3.8) is 0 Å². The van der Waals surface area contributed by atoms with Crippen LogP contribution in [0.5, 0.6) is 0 Å². The Morgan fingerprint density at radius 1 is 1.31 bits per heavy atom. The Kier molecular flexibility index (Phi) is 5.87. The summed E-state index contributed by atoms with van der Waals surface area (Å²) < 4.78 is 32.6. The molecule has 8 nitrogen and oxygen atoms in total. The molecular formula is C21H24IN5O3S2. The molecule has 2 aliphatic rings. The van der Waals surface area contributed by atoms with E-state index in [-0.39, 0.29) is 11.8 Å². The van der Waals surface area contributed by atoms with Crippen molar-refractivity contribution in [3.8, 4) is 11.4 Å². The molecule has 0 bridgehead atoms. The molecule has 3 aromatic heterocycles. The highest BCUT2D eigenvalue weighted by molar-refractivity contribution is 14.2. The highest BCUT2D eigenvalue weighted by atomic mass is 127. The van der Waals surface area contributed by atoms with Gasteiger partial charge in [0.25, 0.3) is 0 Å². The van der Waals surface area contributed by atoms with Crippen LogP contribution in [0.4, 0.5) is 5.82 Å². The zero-order chi connectivity index (χ0) is 22.5. The number of sulfone groups is 1. The van der Waals surface area contributed by atoms with Crippen molar-refractivity contribution in [2.24, 2.45) is 0 Å². The average Bonchev–Trinajstić information content (AvgIpc) is 3.34. The SMILES string of the molecule is C[C@@H]1COCCN1c1cc(C2(C)CCCS2(=O)=O)nc(-c2ccnc3c2ccn3SI)n1. The molecule has 170 valence electrons. The van der Waals surface area contributed by atoms with E-state index in [0.29, 0.717) is 44.1 Å². The Balaban J connectivity index is 1.73. The van der Waals surface area contributed by atoms with Gasteiger partial charge in [-0.3, -0.25) is 3.97 Å². The average molecular weight is 585 g/mol. The molecule has 2 atom stereocenters. The van der Waals surface area contributed by atoms with E-state index < -0.39 is 14.6 Å². The van der Waals surface area contributed by atoms with Gasteiger partial charge in [-0.2, -0.15) is 0 Å². The Labute approximate surface area is 203 Å². The van der Waals surface area contributed by atoms with E-state index in [1.165, 1.54) is 9.12 Å². The minimum absolute atomic E-state index is 0.140. The first-order valence-electron chi connectivity index (χ1n) is 10.6. The summed E-state index contributed by atoms with van der Waals surface area (Å²) in [5.74, 6) is 1.47. The van der Waals surface area contributed by atoms with Gasteiger partial charge in [-0.1, -0.05) is 0 Å². The number of halogens is 1. The lowest BCUT2D eigenvalue weighted by molar-refractivity contribution is 0.0985. The standard InChI is InChI=1S/C21H24IN5O3S2/c1-14-13-30-10-9-26(14)18-12-17(21(2)6-3-11-32(21,28)29)24-19(25-18)15-4-7-23-20-16(15)5-8-27(20)31-22/h4-5,7-8,12,14H,3,6,9-11,13H2,1-2H3/t14-,21?/m1/s1. The van der Waals surface area contributed by atoms with Crippen LogP contribution in [-0.4, -0.2) is 58.9 Å². The fraction of sp³-hybridized carbons (Fsp3) is 0.476. The zero-order valence-corrected chi connectivity index (χ0v) is 21.7. The molecule has 0 amide bonds. The Hall–Kier alpha value is -1.44. The van der Waals surface area contributed by atoms with E-state index in [1.807, 2.05) is 28.4 Å². The highest BCUT2D eigenvalue weighted by Crippen LogP contribution is 2.42. The van der Waals surface area contributed by atoms with Gasteiger partial charge in [0.15, 0.2) is 21.3 Å². The summed E-state index contributed by atoms with van der Waals surface area (Å²) in [7, 11) is -1.76. The van der Waals surface area contributed by atoms with Crippen molar-refractivity contribution >= 4 is 57.0 Å². The van der Waals surface area contributed by atoms with Crippen LogP contribution in [-0.2, 0) is 19.3 Å². The summed E-state index contributed by atoms with van der Waals surface area (Å²) in [6.07, 6.45) is 4.94. The van der Waals surface area contributed by atoms with Crippen molar-refractivity contribution in [2.45, 2.75) is 37.5 Å². The highest BCUT2D eigenvalue weighted by Gasteiger charge is 2.46. The van der Waals surface area contributed by atoms with Crippen LogP contribution in [0, 0.1) is 0 Å². The zero-order valence-electron chi connectivity index (χ0n) is 17.9. The van der Waals surface area contributed by atoms with Crippen LogP contribution in [0.15, 0.2) is 30.6 Å². The molecule has 0 aromatic carbocycles. The second-order valence-corrected chi connectivity index (χ2v) is 12.8. The predicted molar refractivity (Wildman–Crippen MR) is 136 cm³/mol. The lowest BCUT2D eigenvalue weighted by Gasteiger charge is -2.35. The van der Waals surface area contributed by atoms with E-state index in [1.54, 1.807) is 13.1 Å². The van der Waals surface area contributed by atoms with Crippen molar-refractivity contribution < 1.29 is 13.2 Å². The third kappa shape index (κ3) is 3.61. The molecule has 5 rings (SSSR count). The minimum Gasteiger partial charge on any atom is -0.377 e. The predicted octanol–water partition coefficient (Wildman–Crippen LogP) is 3.99. The lowest BCUT2D eigenvalue weighted by Crippen LogP contribution is -2.44. The van der Waals surface area contributed by atoms with Crippen LogP contribution in [0.3, 0.4) is 0 Å². The summed E-state index contributed by atoms with van der Waals surface area (Å²) in [5, 5.41) is 0.939. The third-order valence-corrected chi connectivity index (χ3v) is 10.9. The second kappa shape index (κ2) is 8.41. The quantitative estimate of drug-likeness (QED) is 0.425. The number of nitrogens with zero attached hydrogens (tertiary/aromatic N) is 5. The monoisotopic (exact) mass is 585 g/mol. The first-order valence-corrected chi connectivity index (χ1v) is 15.5. The van der Waals surface area contributed by atoms with Gasteiger partial charge in [0.1, 0.15) is 10.6 Å². The number of aromatic nitrogens is 4. The van der Waals surface area contributed by atoms with Crippen molar-refractivity contribution in [1.82, 2.24) is 18.9 Å². The van der Waals surface area contributed by atoms with Gasteiger partial charge in [0, 0.05) is 66.3 Å². The van der Waals surface area contributed by atoms with Crippen LogP contribution >= 0.6 is 30.3 Å². The van der Waals surface area contributed by atoms with E-state index in [4.69, 9.17) is 14.7 Å². The van der Waals surface area contributed by atoms with Crippen molar-refractivity contribution in [3.05, 3.63) is 36.3 Å². The van der Waals surface area contributed by atoms with E-state index in [0.717, 1.165) is 22.4 Å². The van der Waals surface area contributed by atoms with Crippen LogP contribution in [0.1, 0.15) is 32.4 Å². The van der Waals surface area contributed by atoms with Gasteiger partial charge in [-0.15, -0.1) is 0 Å². The second-order valence-electron chi connectivity index (χ2n) is 8.51. The number of morpholine rings is 1. The molecule has 11 heteroatoms. The van der Waals surface area contributed by atoms with Gasteiger partial charge >= 0.3 is 0 Å². The molecular weight excluding hydrogens is 561 g/mol. The largest absolute Gasteiger partial charge is 0.377 e. The fourth-order valence-electron chi connectivity index (χ4n) is 4.57. The number of hydrogen-bond acceptors (Lipinski definition) is 8. The number of rotatable bonds is 4. The molecule has 2 aliphatic heterocycles. The third-order valence-electron chi connectivity index (χ3n) is 6.54. The summed E-state index contributed by atoms with van der Waals surface area (Å²) in [6, 6.07) is 5.92. The smallest absolute Gasteiger partial charge is 0.162 e. The molecule has 0 saturated carbocycles. The van der Waals surface area contributed by atoms with Gasteiger partial charge in [0.2, 0.25) is 0 Å². The molecule has 1 unspecified atom stereocenters. The van der Waals surface area contributed by atoms with E-state index in [9.17, 15) is 8.42 Å². The topological polar surface area (TPSA) is 90.2 Å². The summed E-state index contributed by atoms with van der Waals surface area (Å²) >= 11 is 2.22. The number of ether oxygens (including phenoxy) is 1. The Morgan fingerprint density at radius 2 is 2.16 bits per heavy atom. The molecule has 2 fully saturated rings. The minimum atomic E-state index is -3.30. The number of anilines is 1. The maximum Gasteiger partial charge on any atom is 0.162 e. The van der Waals surface area contributed by atoms with Gasteiger partial charge in [-0.05, 0) is 38.8 Å². The molecule has 3 aromatic rings. The van der Waals surface area contributed by atoms with E-state index >= 15 is 0 Å². The summed E-state index contributed by atoms with van der Waals surface area (Å²) in [6.45, 7) is 5.83. The number of pyridine rings is 1. The first kappa shape index (κ1) is 22.4.